The second-order valence-corrected chi connectivity index (χ2v) is 8.36. The van der Waals surface area contributed by atoms with Crippen LogP contribution in [0, 0.1) is 5.92 Å². The maximum atomic E-state index is 12.4. The van der Waals surface area contributed by atoms with E-state index in [9.17, 15) is 19.2 Å². The molecular weight excluding hydrogens is 410 g/mol. The predicted molar refractivity (Wildman–Crippen MR) is 109 cm³/mol. The van der Waals surface area contributed by atoms with Crippen LogP contribution < -0.4 is 16.4 Å². The molecule has 4 N–H and O–H groups in total. The zero-order chi connectivity index (χ0) is 21.8. The van der Waals surface area contributed by atoms with Gasteiger partial charge in [-0.05, 0) is 42.9 Å². The topological polar surface area (TPSA) is 141 Å². The molecule has 1 atom stereocenters. The largest absolute Gasteiger partial charge is 0.459 e. The molecular formula is C20H23N3O6S. The summed E-state index contributed by atoms with van der Waals surface area (Å²) in [6.45, 7) is 2.92. The van der Waals surface area contributed by atoms with Crippen LogP contribution in [0.1, 0.15) is 51.6 Å². The van der Waals surface area contributed by atoms with Crippen molar-refractivity contribution in [3.63, 3.8) is 0 Å². The quantitative estimate of drug-likeness (QED) is 0.543. The number of primary amides is 1. The van der Waals surface area contributed by atoms with Crippen LogP contribution in [0.5, 0.6) is 0 Å². The smallest absolute Gasteiger partial charge is 0.329 e. The number of fused-ring (bicyclic) bond motifs is 1. The first kappa shape index (κ1) is 21.6. The summed E-state index contributed by atoms with van der Waals surface area (Å²) in [6.07, 6.45) is 3.90. The molecule has 1 aliphatic rings. The fourth-order valence-corrected chi connectivity index (χ4v) is 4.57. The highest BCUT2D eigenvalue weighted by molar-refractivity contribution is 7.17. The van der Waals surface area contributed by atoms with Crippen molar-refractivity contribution in [3.05, 3.63) is 40.2 Å². The van der Waals surface area contributed by atoms with Crippen molar-refractivity contribution in [2.75, 3.05) is 11.9 Å². The van der Waals surface area contributed by atoms with Gasteiger partial charge in [0.1, 0.15) is 11.0 Å². The van der Waals surface area contributed by atoms with Gasteiger partial charge >= 0.3 is 5.97 Å². The minimum Gasteiger partial charge on any atom is -0.459 e. The molecule has 2 heterocycles. The molecule has 10 heteroatoms. The average Bonchev–Trinajstić information content (AvgIpc) is 3.40. The highest BCUT2D eigenvalue weighted by Gasteiger charge is 2.29. The number of nitrogens with two attached hydrogens (primary N) is 1. The number of esters is 1. The van der Waals surface area contributed by atoms with E-state index in [-0.39, 0.29) is 11.7 Å². The number of anilines is 1. The Labute approximate surface area is 176 Å². The Hall–Kier alpha value is -3.14. The number of hydrogen-bond acceptors (Lipinski definition) is 7. The van der Waals surface area contributed by atoms with Crippen LogP contribution in [0.15, 0.2) is 22.8 Å². The fourth-order valence-electron chi connectivity index (χ4n) is 3.26. The third kappa shape index (κ3) is 4.70. The summed E-state index contributed by atoms with van der Waals surface area (Å²) in [5, 5.41) is 5.53. The van der Waals surface area contributed by atoms with Gasteiger partial charge in [0.05, 0.1) is 11.8 Å². The molecule has 1 aliphatic carbocycles. The van der Waals surface area contributed by atoms with Crippen LogP contribution in [-0.4, -0.2) is 36.3 Å². The van der Waals surface area contributed by atoms with Crippen LogP contribution in [0.2, 0.25) is 0 Å². The van der Waals surface area contributed by atoms with Gasteiger partial charge in [-0.2, -0.15) is 0 Å². The number of nitrogens with one attached hydrogen (secondary N) is 2. The summed E-state index contributed by atoms with van der Waals surface area (Å²) in [7, 11) is 0. The third-order valence-corrected chi connectivity index (χ3v) is 5.93. The monoisotopic (exact) mass is 433 g/mol. The number of aryl methyl sites for hydroxylation is 1. The second kappa shape index (κ2) is 9.12. The minimum absolute atomic E-state index is 0.0657. The first-order chi connectivity index (χ1) is 14.3. The second-order valence-electron chi connectivity index (χ2n) is 7.25. The normalized spacial score (nSPS) is 13.6. The molecule has 0 fully saturated rings. The highest BCUT2D eigenvalue weighted by atomic mass is 32.1. The van der Waals surface area contributed by atoms with E-state index in [4.69, 9.17) is 14.9 Å². The molecule has 9 nitrogen and oxygen atoms in total. The number of hydrogen-bond donors (Lipinski definition) is 3. The molecule has 0 unspecified atom stereocenters. The molecule has 30 heavy (non-hydrogen) atoms. The van der Waals surface area contributed by atoms with Gasteiger partial charge in [-0.15, -0.1) is 11.3 Å². The van der Waals surface area contributed by atoms with E-state index in [1.807, 2.05) is 0 Å². The summed E-state index contributed by atoms with van der Waals surface area (Å²) in [6, 6.07) is 2.07. The number of furan rings is 1. The average molecular weight is 433 g/mol. The van der Waals surface area contributed by atoms with Crippen molar-refractivity contribution >= 4 is 40.0 Å². The summed E-state index contributed by atoms with van der Waals surface area (Å²) >= 11 is 1.32. The number of rotatable bonds is 8. The molecule has 0 saturated heterocycles. The maximum Gasteiger partial charge on any atom is 0.329 e. The zero-order valence-corrected chi connectivity index (χ0v) is 17.5. The SMILES string of the molecule is CC(C)[C@H](NC(=O)c1ccco1)C(=O)OCC(=O)Nc1sc2c(c1C(N)=O)CCC2. The fraction of sp³-hybridized carbons (Fsp3) is 0.400. The van der Waals surface area contributed by atoms with E-state index in [2.05, 4.69) is 10.6 Å². The van der Waals surface area contributed by atoms with Gasteiger partial charge < -0.3 is 25.5 Å². The van der Waals surface area contributed by atoms with Crippen LogP contribution in [0.3, 0.4) is 0 Å². The molecule has 2 aromatic rings. The Morgan fingerprint density at radius 1 is 1.27 bits per heavy atom. The standard InChI is InChI=1S/C20H23N3O6S/c1-10(2)16(23-18(26)12-6-4-8-28-12)20(27)29-9-14(24)22-19-15(17(21)25)11-5-3-7-13(11)30-19/h4,6,8,10,16H,3,5,7,9H2,1-2H3,(H2,21,25)(H,22,24)(H,23,26)/t16-/m0/s1. The third-order valence-electron chi connectivity index (χ3n) is 4.72. The highest BCUT2D eigenvalue weighted by Crippen LogP contribution is 2.38. The van der Waals surface area contributed by atoms with E-state index in [1.54, 1.807) is 19.9 Å². The van der Waals surface area contributed by atoms with Gasteiger partial charge in [-0.3, -0.25) is 14.4 Å². The molecule has 3 amide bonds. The van der Waals surface area contributed by atoms with Gasteiger partial charge in [-0.25, -0.2) is 4.79 Å². The Morgan fingerprint density at radius 3 is 2.67 bits per heavy atom. The maximum absolute atomic E-state index is 12.4. The van der Waals surface area contributed by atoms with Crippen LogP contribution in [0.4, 0.5) is 5.00 Å². The number of thiophene rings is 1. The van der Waals surface area contributed by atoms with Crippen molar-refractivity contribution < 1.29 is 28.3 Å². The number of amides is 3. The molecule has 3 rings (SSSR count). The molecule has 0 saturated carbocycles. The van der Waals surface area contributed by atoms with E-state index in [0.29, 0.717) is 10.6 Å². The van der Waals surface area contributed by atoms with Gasteiger partial charge in [0.25, 0.3) is 17.7 Å². The van der Waals surface area contributed by atoms with Crippen molar-refractivity contribution in [2.24, 2.45) is 11.7 Å². The van der Waals surface area contributed by atoms with E-state index >= 15 is 0 Å². The summed E-state index contributed by atoms with van der Waals surface area (Å²) < 4.78 is 10.1. The van der Waals surface area contributed by atoms with Crippen LogP contribution in [0.25, 0.3) is 0 Å². The summed E-state index contributed by atoms with van der Waals surface area (Å²) in [5.74, 6) is -2.70. The van der Waals surface area contributed by atoms with Gasteiger partial charge in [0.2, 0.25) is 0 Å². The van der Waals surface area contributed by atoms with Crippen molar-refractivity contribution in [2.45, 2.75) is 39.2 Å². The van der Waals surface area contributed by atoms with Crippen molar-refractivity contribution in [1.82, 2.24) is 5.32 Å². The molecule has 160 valence electrons. The molecule has 2 aromatic heterocycles. The molecule has 0 aliphatic heterocycles. The van der Waals surface area contributed by atoms with Gasteiger partial charge in [-0.1, -0.05) is 13.8 Å². The van der Waals surface area contributed by atoms with Crippen LogP contribution >= 0.6 is 11.3 Å². The Balaban J connectivity index is 1.59. The van der Waals surface area contributed by atoms with E-state index in [1.165, 1.54) is 23.7 Å². The minimum atomic E-state index is -0.956. The lowest BCUT2D eigenvalue weighted by Crippen LogP contribution is -2.45. The first-order valence-electron chi connectivity index (χ1n) is 9.53. The Bertz CT molecular complexity index is 964. The van der Waals surface area contributed by atoms with Crippen LogP contribution in [-0.2, 0) is 27.2 Å². The molecule has 0 radical (unpaired) electrons. The number of carbonyl (C=O) groups excluding carboxylic acids is 4. The summed E-state index contributed by atoms with van der Waals surface area (Å²) in [5.41, 5.74) is 6.69. The molecule has 0 aromatic carbocycles. The lowest BCUT2D eigenvalue weighted by molar-refractivity contribution is -0.150. The lowest BCUT2D eigenvalue weighted by atomic mass is 10.0. The number of ether oxygens (including phenoxy) is 1. The molecule has 0 bridgehead atoms. The Kier molecular flexibility index (Phi) is 6.56. The van der Waals surface area contributed by atoms with Crippen molar-refractivity contribution in [3.8, 4) is 0 Å². The number of carbonyl (C=O) groups is 4. The van der Waals surface area contributed by atoms with Gasteiger partial charge in [0, 0.05) is 4.88 Å². The first-order valence-corrected chi connectivity index (χ1v) is 10.3. The van der Waals surface area contributed by atoms with E-state index < -0.39 is 36.3 Å². The van der Waals surface area contributed by atoms with E-state index in [0.717, 1.165) is 29.7 Å². The summed E-state index contributed by atoms with van der Waals surface area (Å²) in [4.78, 5) is 49.7. The predicted octanol–water partition coefficient (Wildman–Crippen LogP) is 1.86. The zero-order valence-electron chi connectivity index (χ0n) is 16.7. The van der Waals surface area contributed by atoms with Gasteiger partial charge in [0.15, 0.2) is 12.4 Å². The van der Waals surface area contributed by atoms with Crippen molar-refractivity contribution in [1.29, 1.82) is 0 Å². The molecule has 0 spiro atoms. The Morgan fingerprint density at radius 2 is 2.03 bits per heavy atom. The lowest BCUT2D eigenvalue weighted by Gasteiger charge is -2.20.